The largest absolute Gasteiger partial charge is 0.497 e. The molecule has 3 atom stereocenters. The van der Waals surface area contributed by atoms with E-state index in [0.717, 1.165) is 57.2 Å². The molecule has 0 aromatic heterocycles. The van der Waals surface area contributed by atoms with Gasteiger partial charge >= 0.3 is 0 Å². The zero-order valence-electron chi connectivity index (χ0n) is 28.3. The molecule has 0 saturated carbocycles. The predicted octanol–water partition coefficient (Wildman–Crippen LogP) is 6.50. The highest BCUT2D eigenvalue weighted by molar-refractivity contribution is 5.88. The Morgan fingerprint density at radius 1 is 0.935 bits per heavy atom. The third-order valence-corrected chi connectivity index (χ3v) is 7.90. The molecule has 1 fully saturated rings. The molecule has 2 aliphatic heterocycles. The zero-order chi connectivity index (χ0) is 34.2. The topological polar surface area (TPSA) is 97.0 Å². The van der Waals surface area contributed by atoms with E-state index < -0.39 is 0 Å². The van der Waals surface area contributed by atoms with E-state index >= 15 is 0 Å². The normalized spacial score (nSPS) is 22.0. The van der Waals surface area contributed by atoms with Gasteiger partial charge in [-0.3, -0.25) is 9.59 Å². The first-order valence-corrected chi connectivity index (χ1v) is 16.5. The quantitative estimate of drug-likeness (QED) is 0.290. The Balaban J connectivity index is 0.000000694. The maximum atomic E-state index is 12.9. The molecule has 2 aromatic rings. The van der Waals surface area contributed by atoms with Crippen LogP contribution in [0.2, 0.25) is 0 Å². The highest BCUT2D eigenvalue weighted by atomic mass is 16.5. The van der Waals surface area contributed by atoms with Crippen LogP contribution < -0.4 is 15.4 Å². The van der Waals surface area contributed by atoms with Crippen molar-refractivity contribution >= 4 is 18.6 Å². The lowest BCUT2D eigenvalue weighted by atomic mass is 10.1. The number of fused-ring (bicyclic) bond motifs is 5. The van der Waals surface area contributed by atoms with E-state index in [9.17, 15) is 9.59 Å². The molecule has 2 aromatic carbocycles. The fraction of sp³-hybridized carbons (Fsp3) is 0.500. The molecule has 1 aliphatic carbocycles. The number of allylic oxidation sites excluding steroid dienone is 1. The molecule has 2 bridgehead atoms. The van der Waals surface area contributed by atoms with Crippen molar-refractivity contribution in [2.45, 2.75) is 90.3 Å². The van der Waals surface area contributed by atoms with E-state index in [1.807, 2.05) is 44.9 Å². The van der Waals surface area contributed by atoms with E-state index in [1.165, 1.54) is 16.7 Å². The van der Waals surface area contributed by atoms with Crippen LogP contribution in [-0.4, -0.2) is 62.9 Å². The summed E-state index contributed by atoms with van der Waals surface area (Å²) in [4.78, 5) is 35.0. The van der Waals surface area contributed by atoms with Crippen LogP contribution in [0.25, 0.3) is 0 Å². The lowest BCUT2D eigenvalue weighted by Crippen LogP contribution is -2.48. The van der Waals surface area contributed by atoms with Crippen molar-refractivity contribution in [3.63, 3.8) is 0 Å². The van der Waals surface area contributed by atoms with Gasteiger partial charge in [0.15, 0.2) is 0 Å². The molecule has 3 aliphatic rings. The number of likely N-dealkylation sites (tertiary alicyclic amines) is 1. The van der Waals surface area contributed by atoms with E-state index in [4.69, 9.17) is 14.3 Å². The first-order chi connectivity index (χ1) is 22.6. The van der Waals surface area contributed by atoms with Crippen molar-refractivity contribution in [2.24, 2.45) is 0 Å². The molecule has 2 N–H and O–H groups in total. The van der Waals surface area contributed by atoms with Crippen molar-refractivity contribution < 1.29 is 23.9 Å². The van der Waals surface area contributed by atoms with E-state index in [-0.39, 0.29) is 30.0 Å². The van der Waals surface area contributed by atoms with E-state index in [0.29, 0.717) is 26.1 Å². The maximum Gasteiger partial charge on any atom is 0.242 e. The Morgan fingerprint density at radius 3 is 2.30 bits per heavy atom. The highest BCUT2D eigenvalue weighted by Crippen LogP contribution is 2.42. The van der Waals surface area contributed by atoms with Crippen LogP contribution in [0, 0.1) is 19.8 Å². The van der Waals surface area contributed by atoms with Gasteiger partial charge in [0.2, 0.25) is 11.8 Å². The average Bonchev–Trinajstić information content (AvgIpc) is 3.69. The van der Waals surface area contributed by atoms with Gasteiger partial charge in [0.1, 0.15) is 18.6 Å². The Kier molecular flexibility index (Phi) is 21.2. The lowest BCUT2D eigenvalue weighted by Gasteiger charge is -2.27. The van der Waals surface area contributed by atoms with Gasteiger partial charge in [0.05, 0.1) is 19.8 Å². The van der Waals surface area contributed by atoms with Gasteiger partial charge in [0.25, 0.3) is 0 Å². The number of amides is 2. The third kappa shape index (κ3) is 13.2. The van der Waals surface area contributed by atoms with Gasteiger partial charge in [-0.15, -0.1) is 12.8 Å². The van der Waals surface area contributed by atoms with Gasteiger partial charge in [-0.05, 0) is 75.3 Å². The molecule has 252 valence electrons. The molecular weight excluding hydrogens is 578 g/mol. The fourth-order valence-electron chi connectivity index (χ4n) is 5.71. The number of ether oxygens (including phenoxy) is 2. The number of hydrogen-bond acceptors (Lipinski definition) is 6. The number of terminal acetylenes is 1. The molecule has 5 rings (SSSR count). The van der Waals surface area contributed by atoms with Crippen LogP contribution in [0.1, 0.15) is 94.1 Å². The molecule has 0 spiro atoms. The number of benzene rings is 2. The molecule has 1 saturated heterocycles. The summed E-state index contributed by atoms with van der Waals surface area (Å²) in [5, 5.41) is 6.73. The Hall–Kier alpha value is -3.93. The molecule has 2 amide bonds. The van der Waals surface area contributed by atoms with Crippen LogP contribution in [0.15, 0.2) is 60.7 Å². The van der Waals surface area contributed by atoms with Crippen molar-refractivity contribution in [1.29, 1.82) is 0 Å². The van der Waals surface area contributed by atoms with Crippen molar-refractivity contribution in [3.05, 3.63) is 77.4 Å². The number of hydrogen-bond donors (Lipinski definition) is 2. The summed E-state index contributed by atoms with van der Waals surface area (Å²) >= 11 is 0. The molecule has 3 unspecified atom stereocenters. The minimum Gasteiger partial charge on any atom is -0.497 e. The number of nitrogens with one attached hydrogen (secondary N) is 2. The molecule has 0 radical (unpaired) electrons. The van der Waals surface area contributed by atoms with Crippen LogP contribution >= 0.6 is 0 Å². The maximum absolute atomic E-state index is 12.9. The minimum absolute atomic E-state index is 0.00804. The fourth-order valence-corrected chi connectivity index (χ4v) is 5.71. The molecule has 2 heterocycles. The SMILES string of the molecule is C#C.C=O.CC.COc1ccc2c(c1)C1CC2OC/C=C/CCCCC(N2CCCC2=O)C(=O)NCCCN1.Cc1ccccc1. The summed E-state index contributed by atoms with van der Waals surface area (Å²) in [6.07, 6.45) is 19.1. The van der Waals surface area contributed by atoms with E-state index in [1.54, 1.807) is 12.0 Å². The summed E-state index contributed by atoms with van der Waals surface area (Å²) in [5.41, 5.74) is 3.78. The Morgan fingerprint density at radius 2 is 1.67 bits per heavy atom. The summed E-state index contributed by atoms with van der Waals surface area (Å²) < 4.78 is 11.7. The van der Waals surface area contributed by atoms with Gasteiger partial charge in [-0.25, -0.2) is 0 Å². The van der Waals surface area contributed by atoms with Gasteiger partial charge in [-0.2, -0.15) is 0 Å². The van der Waals surface area contributed by atoms with Crippen LogP contribution in [0.3, 0.4) is 0 Å². The summed E-state index contributed by atoms with van der Waals surface area (Å²) in [6.45, 7) is 10.8. The first kappa shape index (κ1) is 40.1. The monoisotopic (exact) mass is 633 g/mol. The zero-order valence-corrected chi connectivity index (χ0v) is 28.3. The second-order valence-electron chi connectivity index (χ2n) is 10.8. The highest BCUT2D eigenvalue weighted by Gasteiger charge is 2.33. The lowest BCUT2D eigenvalue weighted by molar-refractivity contribution is -0.137. The van der Waals surface area contributed by atoms with Crippen LogP contribution in [0.5, 0.6) is 5.75 Å². The number of methoxy groups -OCH3 is 1. The number of nitrogens with zero attached hydrogens (tertiary/aromatic N) is 1. The first-order valence-electron chi connectivity index (χ1n) is 16.5. The number of carbonyl (C=O) groups is 3. The summed E-state index contributed by atoms with van der Waals surface area (Å²) in [6, 6.07) is 16.3. The Bertz CT molecular complexity index is 1180. The second kappa shape index (κ2) is 24.3. The Labute approximate surface area is 277 Å². The molecule has 8 heteroatoms. The minimum atomic E-state index is -0.339. The standard InChI is InChI=1S/C26H37N3O4.C7H8.C2H6.C2H2.CH2O/c1-32-19-11-12-20-21(17-19)22-18-24(20)33-16-6-4-2-3-5-9-23(29-15-7-10-25(29)30)26(31)28-14-8-13-27-22;1-7-5-3-2-4-6-7;3*1-2/h4,6,11-12,17,22-24,27H,2-3,5,7-10,13-16,18H2,1H3,(H,28,31);2-6H,1H3;1-2H3;1-2H;1H2/b6-4+;;;;. The number of rotatable bonds is 2. The van der Waals surface area contributed by atoms with Crippen molar-refractivity contribution in [1.82, 2.24) is 15.5 Å². The molecule has 8 nitrogen and oxygen atoms in total. The van der Waals surface area contributed by atoms with Gasteiger partial charge in [-0.1, -0.05) is 74.4 Å². The van der Waals surface area contributed by atoms with Gasteiger partial charge in [0, 0.05) is 25.6 Å². The summed E-state index contributed by atoms with van der Waals surface area (Å²) in [7, 11) is 1.69. The number of carbonyl (C=O) groups excluding carboxylic acids is 3. The molecule has 46 heavy (non-hydrogen) atoms. The predicted molar refractivity (Wildman–Crippen MR) is 187 cm³/mol. The number of aryl methyl sites for hydroxylation is 1. The van der Waals surface area contributed by atoms with Crippen molar-refractivity contribution in [3.8, 4) is 18.6 Å². The average molecular weight is 634 g/mol. The van der Waals surface area contributed by atoms with Crippen LogP contribution in [-0.2, 0) is 19.1 Å². The van der Waals surface area contributed by atoms with E-state index in [2.05, 4.69) is 66.8 Å². The molecular formula is C38H55N3O5. The van der Waals surface area contributed by atoms with Crippen LogP contribution in [0.4, 0.5) is 0 Å². The van der Waals surface area contributed by atoms with Gasteiger partial charge < -0.3 is 29.8 Å². The third-order valence-electron chi connectivity index (χ3n) is 7.90. The summed E-state index contributed by atoms with van der Waals surface area (Å²) in [5.74, 6) is 0.960. The smallest absolute Gasteiger partial charge is 0.242 e. The second-order valence-corrected chi connectivity index (χ2v) is 10.8. The van der Waals surface area contributed by atoms with Crippen molar-refractivity contribution in [2.75, 3.05) is 33.4 Å².